The second-order valence-electron chi connectivity index (χ2n) is 5.41. The first-order valence-corrected chi connectivity index (χ1v) is 6.65. The summed E-state index contributed by atoms with van der Waals surface area (Å²) in [6.07, 6.45) is 1.88. The Labute approximate surface area is 116 Å². The van der Waals surface area contributed by atoms with Crippen LogP contribution in [0.1, 0.15) is 37.0 Å². The lowest BCUT2D eigenvalue weighted by Crippen LogP contribution is -2.45. The Morgan fingerprint density at radius 3 is 2.75 bits per heavy atom. The van der Waals surface area contributed by atoms with Crippen LogP contribution in [0.5, 0.6) is 0 Å². The summed E-state index contributed by atoms with van der Waals surface area (Å²) in [5.74, 6) is -0.755. The van der Waals surface area contributed by atoms with Gasteiger partial charge in [-0.05, 0) is 37.8 Å². The molecule has 0 bridgehead atoms. The number of hydrogen-bond acceptors (Lipinski definition) is 3. The van der Waals surface area contributed by atoms with Crippen LogP contribution < -0.4 is 0 Å². The molecule has 0 N–H and O–H groups in total. The maximum absolute atomic E-state index is 13.3. The number of benzene rings is 1. The molecular weight excluding hydrogens is 263 g/mol. The molecule has 1 saturated heterocycles. The highest BCUT2D eigenvalue weighted by molar-refractivity contribution is 5.98. The SMILES string of the molecule is CC1CCC(C)N(C(=O)c2cc(F)ccc2[N+](=O)[O-])C1. The summed E-state index contributed by atoms with van der Waals surface area (Å²) in [5.41, 5.74) is -0.516. The van der Waals surface area contributed by atoms with Gasteiger partial charge in [-0.1, -0.05) is 6.92 Å². The zero-order valence-corrected chi connectivity index (χ0v) is 11.5. The molecule has 2 unspecified atom stereocenters. The fourth-order valence-corrected chi connectivity index (χ4v) is 2.57. The normalized spacial score (nSPS) is 22.6. The van der Waals surface area contributed by atoms with Crippen molar-refractivity contribution in [3.8, 4) is 0 Å². The second kappa shape index (κ2) is 5.56. The minimum atomic E-state index is -0.648. The van der Waals surface area contributed by atoms with Gasteiger partial charge in [0, 0.05) is 18.7 Å². The van der Waals surface area contributed by atoms with Crippen LogP contribution in [0, 0.1) is 21.8 Å². The zero-order chi connectivity index (χ0) is 14.9. The topological polar surface area (TPSA) is 63.5 Å². The molecule has 1 aliphatic heterocycles. The Balaban J connectivity index is 2.37. The molecular formula is C14H17FN2O3. The van der Waals surface area contributed by atoms with Crippen LogP contribution in [0.25, 0.3) is 0 Å². The van der Waals surface area contributed by atoms with Gasteiger partial charge in [0.1, 0.15) is 11.4 Å². The van der Waals surface area contributed by atoms with Gasteiger partial charge < -0.3 is 4.90 Å². The fourth-order valence-electron chi connectivity index (χ4n) is 2.57. The van der Waals surface area contributed by atoms with Crippen LogP contribution in [0.3, 0.4) is 0 Å². The van der Waals surface area contributed by atoms with Crippen molar-refractivity contribution in [1.29, 1.82) is 0 Å². The second-order valence-corrected chi connectivity index (χ2v) is 5.41. The molecule has 1 aromatic rings. The van der Waals surface area contributed by atoms with E-state index in [2.05, 4.69) is 0 Å². The maximum Gasteiger partial charge on any atom is 0.282 e. The van der Waals surface area contributed by atoms with Crippen molar-refractivity contribution in [3.05, 3.63) is 39.7 Å². The first-order chi connectivity index (χ1) is 9.40. The predicted octanol–water partition coefficient (Wildman–Crippen LogP) is 2.99. The molecule has 1 heterocycles. The molecule has 0 radical (unpaired) electrons. The number of piperidine rings is 1. The number of hydrogen-bond donors (Lipinski definition) is 0. The number of carbonyl (C=O) groups excluding carboxylic acids is 1. The molecule has 20 heavy (non-hydrogen) atoms. The Kier molecular flexibility index (Phi) is 4.01. The third-order valence-electron chi connectivity index (χ3n) is 3.76. The average molecular weight is 280 g/mol. The Hall–Kier alpha value is -1.98. The summed E-state index contributed by atoms with van der Waals surface area (Å²) in [4.78, 5) is 24.4. The van der Waals surface area contributed by atoms with Crippen LogP contribution in [-0.4, -0.2) is 28.3 Å². The number of likely N-dealkylation sites (tertiary alicyclic amines) is 1. The Bertz CT molecular complexity index is 547. The quantitative estimate of drug-likeness (QED) is 0.618. The highest BCUT2D eigenvalue weighted by Gasteiger charge is 2.31. The van der Waals surface area contributed by atoms with Crippen molar-refractivity contribution in [2.24, 2.45) is 5.92 Å². The van der Waals surface area contributed by atoms with Crippen molar-refractivity contribution in [2.45, 2.75) is 32.7 Å². The number of nitro groups is 1. The van der Waals surface area contributed by atoms with E-state index in [1.807, 2.05) is 13.8 Å². The van der Waals surface area contributed by atoms with Crippen LogP contribution in [0.4, 0.5) is 10.1 Å². The lowest BCUT2D eigenvalue weighted by atomic mass is 9.94. The summed E-state index contributed by atoms with van der Waals surface area (Å²) in [5, 5.41) is 11.0. The predicted molar refractivity (Wildman–Crippen MR) is 72.0 cm³/mol. The molecule has 108 valence electrons. The molecule has 5 nitrogen and oxygen atoms in total. The summed E-state index contributed by atoms with van der Waals surface area (Å²) in [6.45, 7) is 4.49. The standard InChI is InChI=1S/C14H17FN2O3/c1-9-3-4-10(2)16(8-9)14(18)12-7-11(15)5-6-13(12)17(19)20/h5-7,9-10H,3-4,8H2,1-2H3. The molecule has 0 aliphatic carbocycles. The molecule has 1 amide bonds. The van der Waals surface area contributed by atoms with E-state index in [0.29, 0.717) is 12.5 Å². The molecule has 2 atom stereocenters. The van der Waals surface area contributed by atoms with Gasteiger partial charge in [-0.25, -0.2) is 4.39 Å². The summed E-state index contributed by atoms with van der Waals surface area (Å²) < 4.78 is 13.3. The number of rotatable bonds is 2. The monoisotopic (exact) mass is 280 g/mol. The molecule has 0 saturated carbocycles. The van der Waals surface area contributed by atoms with Crippen molar-refractivity contribution < 1.29 is 14.1 Å². The highest BCUT2D eigenvalue weighted by atomic mass is 19.1. The minimum Gasteiger partial charge on any atom is -0.335 e. The summed E-state index contributed by atoms with van der Waals surface area (Å²) in [6, 6.07) is 3.01. The molecule has 2 rings (SSSR count). The first-order valence-electron chi connectivity index (χ1n) is 6.65. The molecule has 0 spiro atoms. The number of carbonyl (C=O) groups is 1. The van der Waals surface area contributed by atoms with E-state index >= 15 is 0 Å². The van der Waals surface area contributed by atoms with Crippen molar-refractivity contribution in [3.63, 3.8) is 0 Å². The average Bonchev–Trinajstić information content (AvgIpc) is 2.40. The number of halogens is 1. The lowest BCUT2D eigenvalue weighted by Gasteiger charge is -2.36. The van der Waals surface area contributed by atoms with Gasteiger partial charge in [0.05, 0.1) is 4.92 Å². The van der Waals surface area contributed by atoms with Crippen LogP contribution in [0.15, 0.2) is 18.2 Å². The van der Waals surface area contributed by atoms with E-state index in [-0.39, 0.29) is 17.3 Å². The molecule has 6 heteroatoms. The smallest absolute Gasteiger partial charge is 0.282 e. The number of amides is 1. The largest absolute Gasteiger partial charge is 0.335 e. The van der Waals surface area contributed by atoms with E-state index in [9.17, 15) is 19.3 Å². The maximum atomic E-state index is 13.3. The van der Waals surface area contributed by atoms with Crippen LogP contribution in [0.2, 0.25) is 0 Å². The molecule has 0 aromatic heterocycles. The van der Waals surface area contributed by atoms with E-state index < -0.39 is 16.6 Å². The minimum absolute atomic E-state index is 0.0153. The highest BCUT2D eigenvalue weighted by Crippen LogP contribution is 2.27. The van der Waals surface area contributed by atoms with Gasteiger partial charge in [0.2, 0.25) is 0 Å². The number of nitrogens with zero attached hydrogens (tertiary/aromatic N) is 2. The Morgan fingerprint density at radius 1 is 1.40 bits per heavy atom. The molecule has 1 fully saturated rings. The lowest BCUT2D eigenvalue weighted by molar-refractivity contribution is -0.385. The van der Waals surface area contributed by atoms with Crippen molar-refractivity contribution in [2.75, 3.05) is 6.54 Å². The van der Waals surface area contributed by atoms with Crippen molar-refractivity contribution >= 4 is 11.6 Å². The van der Waals surface area contributed by atoms with Gasteiger partial charge in [-0.2, -0.15) is 0 Å². The van der Waals surface area contributed by atoms with Crippen LogP contribution >= 0.6 is 0 Å². The van der Waals surface area contributed by atoms with Gasteiger partial charge in [-0.15, -0.1) is 0 Å². The van der Waals surface area contributed by atoms with E-state index in [4.69, 9.17) is 0 Å². The fraction of sp³-hybridized carbons (Fsp3) is 0.500. The van der Waals surface area contributed by atoms with Crippen molar-refractivity contribution in [1.82, 2.24) is 4.90 Å². The van der Waals surface area contributed by atoms with E-state index in [1.165, 1.54) is 0 Å². The van der Waals surface area contributed by atoms with Gasteiger partial charge in [0.25, 0.3) is 11.6 Å². The molecule has 1 aromatic carbocycles. The van der Waals surface area contributed by atoms with Gasteiger partial charge >= 0.3 is 0 Å². The van der Waals surface area contributed by atoms with E-state index in [0.717, 1.165) is 31.0 Å². The molecule has 1 aliphatic rings. The third kappa shape index (κ3) is 2.79. The van der Waals surface area contributed by atoms with Gasteiger partial charge in [0.15, 0.2) is 0 Å². The van der Waals surface area contributed by atoms with Gasteiger partial charge in [-0.3, -0.25) is 14.9 Å². The number of nitro benzene ring substituents is 1. The zero-order valence-electron chi connectivity index (χ0n) is 11.5. The Morgan fingerprint density at radius 2 is 2.10 bits per heavy atom. The summed E-state index contributed by atoms with van der Waals surface area (Å²) in [7, 11) is 0. The summed E-state index contributed by atoms with van der Waals surface area (Å²) >= 11 is 0. The third-order valence-corrected chi connectivity index (χ3v) is 3.76. The van der Waals surface area contributed by atoms with E-state index in [1.54, 1.807) is 4.90 Å². The van der Waals surface area contributed by atoms with Crippen LogP contribution in [-0.2, 0) is 0 Å². The first kappa shape index (κ1) is 14.4.